The highest BCUT2D eigenvalue weighted by atomic mass is 16.5. The third kappa shape index (κ3) is 6.66. The van der Waals surface area contributed by atoms with Crippen LogP contribution in [0, 0.1) is 0 Å². The first kappa shape index (κ1) is 27.9. The van der Waals surface area contributed by atoms with Gasteiger partial charge in [-0.05, 0) is 48.5 Å². The first-order valence-electron chi connectivity index (χ1n) is 11.8. The van der Waals surface area contributed by atoms with Crippen molar-refractivity contribution < 1.29 is 39.9 Å². The summed E-state index contributed by atoms with van der Waals surface area (Å²) in [7, 11) is 0. The molecule has 1 atom stereocenters. The van der Waals surface area contributed by atoms with Crippen LogP contribution >= 0.6 is 0 Å². The molecule has 13 nitrogen and oxygen atoms in total. The Kier molecular flexibility index (Phi) is 8.49. The van der Waals surface area contributed by atoms with Gasteiger partial charge in [-0.25, -0.2) is 29.5 Å². The molecule has 0 aliphatic carbocycles. The number of aliphatic carboxylic acids is 1. The van der Waals surface area contributed by atoms with Crippen LogP contribution in [-0.2, 0) is 17.9 Å². The van der Waals surface area contributed by atoms with Crippen molar-refractivity contribution in [1.29, 1.82) is 0 Å². The first-order chi connectivity index (χ1) is 19.1. The summed E-state index contributed by atoms with van der Waals surface area (Å²) in [5.74, 6) is -3.90. The van der Waals surface area contributed by atoms with Crippen LogP contribution in [0.15, 0.2) is 72.8 Å². The summed E-state index contributed by atoms with van der Waals surface area (Å²) < 4.78 is 0. The maximum Gasteiger partial charge on any atom is 0.354 e. The Morgan fingerprint density at radius 1 is 0.600 bits per heavy atom. The van der Waals surface area contributed by atoms with E-state index in [4.69, 9.17) is 0 Å². The summed E-state index contributed by atoms with van der Waals surface area (Å²) in [5, 5.41) is 48.0. The van der Waals surface area contributed by atoms with E-state index >= 15 is 0 Å². The normalized spacial score (nSPS) is 11.9. The summed E-state index contributed by atoms with van der Waals surface area (Å²) in [5.41, 5.74) is 1.59. The van der Waals surface area contributed by atoms with Crippen molar-refractivity contribution in [3.8, 4) is 22.8 Å². The van der Waals surface area contributed by atoms with Crippen LogP contribution in [0.1, 0.15) is 32.4 Å². The maximum absolute atomic E-state index is 12.0. The average Bonchev–Trinajstić information content (AvgIpc) is 2.93. The summed E-state index contributed by atoms with van der Waals surface area (Å²) in [4.78, 5) is 53.0. The van der Waals surface area contributed by atoms with Crippen molar-refractivity contribution >= 4 is 17.9 Å². The molecule has 1 unspecified atom stereocenters. The van der Waals surface area contributed by atoms with E-state index in [9.17, 15) is 39.9 Å². The number of nitrogens with zero attached hydrogens (tertiary/aromatic N) is 5. The minimum Gasteiger partial charge on any atom is -0.480 e. The maximum atomic E-state index is 12.0. The van der Waals surface area contributed by atoms with Crippen molar-refractivity contribution in [1.82, 2.24) is 24.8 Å². The van der Waals surface area contributed by atoms with Gasteiger partial charge in [0.15, 0.2) is 12.3 Å². The number of carbonyl (C=O) groups is 3. The average molecular weight is 546 g/mol. The fourth-order valence-corrected chi connectivity index (χ4v) is 3.95. The van der Waals surface area contributed by atoms with Crippen LogP contribution in [0.3, 0.4) is 0 Å². The van der Waals surface area contributed by atoms with Crippen molar-refractivity contribution in [2.75, 3.05) is 0 Å². The van der Waals surface area contributed by atoms with E-state index in [1.807, 2.05) is 0 Å². The van der Waals surface area contributed by atoms with Gasteiger partial charge in [-0.3, -0.25) is 9.69 Å². The second kappa shape index (κ2) is 12.2. The highest BCUT2D eigenvalue weighted by Crippen LogP contribution is 2.21. The number of hydrogen-bond acceptors (Lipinski definition) is 10. The van der Waals surface area contributed by atoms with Gasteiger partial charge in [0.1, 0.15) is 11.4 Å². The molecule has 0 bridgehead atoms. The SMILES string of the molecule is O=C(O)c1cccc(-c2cccc(CN(Cc3cccc(-c4cccc(C(=O)O)n4)n3)C(C(=O)O)C(O)O)n2)n1. The zero-order valence-corrected chi connectivity index (χ0v) is 20.7. The quantitative estimate of drug-likeness (QED) is 0.170. The van der Waals surface area contributed by atoms with Gasteiger partial charge in [-0.1, -0.05) is 24.3 Å². The lowest BCUT2D eigenvalue weighted by Gasteiger charge is -2.29. The molecule has 0 fully saturated rings. The minimum atomic E-state index is -2.24. The van der Waals surface area contributed by atoms with Crippen LogP contribution in [0.5, 0.6) is 0 Å². The lowest BCUT2D eigenvalue weighted by Crippen LogP contribution is -2.48. The first-order valence-corrected chi connectivity index (χ1v) is 11.8. The third-order valence-corrected chi connectivity index (χ3v) is 5.73. The zero-order valence-electron chi connectivity index (χ0n) is 20.7. The summed E-state index contributed by atoms with van der Waals surface area (Å²) in [6.07, 6.45) is -2.24. The molecule has 4 heterocycles. The van der Waals surface area contributed by atoms with Gasteiger partial charge in [0.25, 0.3) is 0 Å². The van der Waals surface area contributed by atoms with Crippen LogP contribution in [0.25, 0.3) is 22.8 Å². The molecule has 204 valence electrons. The van der Waals surface area contributed by atoms with Gasteiger partial charge in [-0.2, -0.15) is 0 Å². The largest absolute Gasteiger partial charge is 0.480 e. The molecule has 0 aliphatic rings. The van der Waals surface area contributed by atoms with Gasteiger partial charge in [-0.15, -0.1) is 0 Å². The van der Waals surface area contributed by atoms with E-state index in [1.165, 1.54) is 29.2 Å². The molecule has 0 amide bonds. The molecular weight excluding hydrogens is 522 g/mol. The highest BCUT2D eigenvalue weighted by Gasteiger charge is 2.32. The Hall–Kier alpha value is -5.11. The molecule has 0 saturated heterocycles. The Morgan fingerprint density at radius 3 is 1.32 bits per heavy atom. The Balaban J connectivity index is 1.66. The second-order valence-corrected chi connectivity index (χ2v) is 8.56. The Bertz CT molecular complexity index is 1460. The van der Waals surface area contributed by atoms with Crippen molar-refractivity contribution in [3.63, 3.8) is 0 Å². The molecule has 0 saturated carbocycles. The molecule has 0 aliphatic heterocycles. The molecule has 4 aromatic rings. The van der Waals surface area contributed by atoms with E-state index in [1.54, 1.807) is 48.5 Å². The molecule has 0 aromatic carbocycles. The number of aromatic nitrogens is 4. The molecule has 13 heteroatoms. The minimum absolute atomic E-state index is 0.153. The van der Waals surface area contributed by atoms with Gasteiger partial charge < -0.3 is 25.5 Å². The van der Waals surface area contributed by atoms with E-state index in [-0.39, 0.29) is 35.9 Å². The monoisotopic (exact) mass is 545 g/mol. The predicted octanol–water partition coefficient (Wildman–Crippen LogP) is 1.76. The predicted molar refractivity (Wildman–Crippen MR) is 138 cm³/mol. The van der Waals surface area contributed by atoms with Crippen molar-refractivity contribution in [2.45, 2.75) is 25.4 Å². The number of carboxylic acid groups (broad SMARTS) is 3. The smallest absolute Gasteiger partial charge is 0.354 e. The summed E-state index contributed by atoms with van der Waals surface area (Å²) >= 11 is 0. The van der Waals surface area contributed by atoms with E-state index in [0.717, 1.165) is 0 Å². The summed E-state index contributed by atoms with van der Waals surface area (Å²) in [6.45, 7) is -0.306. The van der Waals surface area contributed by atoms with Crippen LogP contribution in [0.2, 0.25) is 0 Å². The topological polar surface area (TPSA) is 207 Å². The molecule has 5 N–H and O–H groups in total. The fourth-order valence-electron chi connectivity index (χ4n) is 3.95. The number of hydrogen-bond donors (Lipinski definition) is 5. The Labute approximate surface area is 226 Å². The molecule has 0 radical (unpaired) electrons. The van der Waals surface area contributed by atoms with Crippen LogP contribution in [0.4, 0.5) is 0 Å². The standard InChI is InChI=1S/C27H23N5O8/c33-24(34)21-11-3-9-19(30-21)17-7-1-5-15(28-17)13-32(23(26(37)38)27(39)40)14-16-6-2-8-18(29-16)20-10-4-12-22(31-20)25(35)36/h1-12,23,26,37-38H,13-14H2,(H,33,34)(H,35,36)(H,39,40). The highest BCUT2D eigenvalue weighted by molar-refractivity contribution is 5.86. The molecule has 4 aromatic heterocycles. The van der Waals surface area contributed by atoms with Crippen LogP contribution < -0.4 is 0 Å². The summed E-state index contributed by atoms with van der Waals surface area (Å²) in [6, 6.07) is 16.8. The van der Waals surface area contributed by atoms with Gasteiger partial charge in [0, 0.05) is 13.1 Å². The van der Waals surface area contributed by atoms with Gasteiger partial charge in [0.2, 0.25) is 0 Å². The molecule has 4 rings (SSSR count). The number of pyridine rings is 4. The molecule has 0 spiro atoms. The Morgan fingerprint density at radius 2 is 0.975 bits per heavy atom. The fraction of sp³-hybridized carbons (Fsp3) is 0.148. The number of carboxylic acids is 3. The van der Waals surface area contributed by atoms with Crippen molar-refractivity contribution in [3.05, 3.63) is 95.6 Å². The second-order valence-electron chi connectivity index (χ2n) is 8.56. The van der Waals surface area contributed by atoms with Gasteiger partial charge in [0.05, 0.1) is 34.2 Å². The lowest BCUT2D eigenvalue weighted by molar-refractivity contribution is -0.164. The van der Waals surface area contributed by atoms with E-state index < -0.39 is 30.2 Å². The number of rotatable bonds is 11. The number of aliphatic hydroxyl groups excluding tert-OH is 1. The molecule has 40 heavy (non-hydrogen) atoms. The third-order valence-electron chi connectivity index (χ3n) is 5.73. The van der Waals surface area contributed by atoms with Crippen LogP contribution in [-0.4, -0.2) is 80.6 Å². The zero-order chi connectivity index (χ0) is 28.8. The van der Waals surface area contributed by atoms with Crippen molar-refractivity contribution in [2.24, 2.45) is 0 Å². The lowest BCUT2D eigenvalue weighted by atomic mass is 10.1. The number of aliphatic hydroxyl groups is 2. The molecular formula is C27H23N5O8. The van der Waals surface area contributed by atoms with Gasteiger partial charge >= 0.3 is 17.9 Å². The number of aromatic carboxylic acids is 2. The van der Waals surface area contributed by atoms with E-state index in [0.29, 0.717) is 22.8 Å². The van der Waals surface area contributed by atoms with E-state index in [2.05, 4.69) is 19.9 Å².